The molecule has 1 amide bonds. The van der Waals surface area contributed by atoms with Gasteiger partial charge < -0.3 is 15.0 Å². The van der Waals surface area contributed by atoms with Crippen molar-refractivity contribution in [3.63, 3.8) is 0 Å². The molecule has 1 saturated carbocycles. The van der Waals surface area contributed by atoms with E-state index in [1.807, 2.05) is 39.8 Å². The van der Waals surface area contributed by atoms with Crippen LogP contribution in [0.25, 0.3) is 0 Å². The number of halogens is 1. The monoisotopic (exact) mass is 460 g/mol. The molecule has 1 aliphatic heterocycles. The molecule has 0 unspecified atom stereocenters. The first-order chi connectivity index (χ1) is 13.9. The molecule has 2 aliphatic rings. The number of fused-ring (bicyclic) bond motifs is 1. The predicted octanol–water partition coefficient (Wildman–Crippen LogP) is 4.96. The number of benzene rings is 1. The molecule has 2 N–H and O–H groups in total. The lowest BCUT2D eigenvalue weighted by Gasteiger charge is -2.22. The van der Waals surface area contributed by atoms with Crippen LogP contribution in [0.3, 0.4) is 0 Å². The highest BCUT2D eigenvalue weighted by Crippen LogP contribution is 2.47. The van der Waals surface area contributed by atoms with Crippen molar-refractivity contribution < 1.29 is 9.53 Å². The van der Waals surface area contributed by atoms with Gasteiger partial charge in [0.1, 0.15) is 11.4 Å². The summed E-state index contributed by atoms with van der Waals surface area (Å²) >= 11 is 3.56. The number of pyridine rings is 1. The summed E-state index contributed by atoms with van der Waals surface area (Å²) < 4.78 is 7.09. The van der Waals surface area contributed by atoms with Crippen molar-refractivity contribution in [1.29, 1.82) is 0 Å². The lowest BCUT2D eigenvalue weighted by molar-refractivity contribution is 0.0950. The van der Waals surface area contributed by atoms with E-state index >= 15 is 0 Å². The highest BCUT2D eigenvalue weighted by molar-refractivity contribution is 9.10. The second-order valence-corrected chi connectivity index (χ2v) is 8.60. The van der Waals surface area contributed by atoms with Gasteiger partial charge in [0.2, 0.25) is 0 Å². The van der Waals surface area contributed by atoms with Gasteiger partial charge in [-0.05, 0) is 79.2 Å². The highest BCUT2D eigenvalue weighted by atomic mass is 79.9. The second-order valence-electron chi connectivity index (χ2n) is 7.74. The molecule has 0 radical (unpaired) electrons. The first-order valence-electron chi connectivity index (χ1n) is 10.4. The molecule has 29 heavy (non-hydrogen) atoms. The third-order valence-electron chi connectivity index (χ3n) is 5.65. The van der Waals surface area contributed by atoms with Crippen molar-refractivity contribution in [3.8, 4) is 5.75 Å². The van der Waals surface area contributed by atoms with Gasteiger partial charge >= 0.3 is 0 Å². The minimum Gasteiger partial charge on any atom is -0.485 e. The van der Waals surface area contributed by atoms with Crippen molar-refractivity contribution in [2.75, 3.05) is 0 Å². The molecule has 0 atom stereocenters. The first-order valence-corrected chi connectivity index (χ1v) is 11.2. The number of aromatic amines is 1. The zero-order chi connectivity index (χ0) is 21.2. The van der Waals surface area contributed by atoms with Crippen molar-refractivity contribution in [2.24, 2.45) is 0 Å². The number of aromatic nitrogens is 1. The van der Waals surface area contributed by atoms with Gasteiger partial charge in [-0.2, -0.15) is 0 Å². The topological polar surface area (TPSA) is 71.2 Å². The van der Waals surface area contributed by atoms with Gasteiger partial charge in [-0.3, -0.25) is 9.59 Å². The summed E-state index contributed by atoms with van der Waals surface area (Å²) in [7, 11) is 0. The van der Waals surface area contributed by atoms with Crippen LogP contribution in [0.15, 0.2) is 27.5 Å². The molecule has 2 aromatic rings. The van der Waals surface area contributed by atoms with Crippen LogP contribution in [0.1, 0.15) is 72.3 Å². The van der Waals surface area contributed by atoms with Crippen LogP contribution in [0.4, 0.5) is 0 Å². The minimum atomic E-state index is -0.190. The van der Waals surface area contributed by atoms with Crippen LogP contribution in [0, 0.1) is 13.8 Å². The highest BCUT2D eigenvalue weighted by Gasteiger charge is 2.42. The molecule has 0 saturated heterocycles. The van der Waals surface area contributed by atoms with E-state index < -0.39 is 0 Å². The third kappa shape index (κ3) is 4.42. The number of rotatable bonds is 3. The van der Waals surface area contributed by atoms with Crippen molar-refractivity contribution in [1.82, 2.24) is 10.3 Å². The number of carbonyl (C=O) groups excluding carboxylic acids is 1. The molecule has 1 aromatic heterocycles. The van der Waals surface area contributed by atoms with Crippen LogP contribution in [0.5, 0.6) is 5.75 Å². The summed E-state index contributed by atoms with van der Waals surface area (Å²) in [6.07, 6.45) is 5.40. The lowest BCUT2D eigenvalue weighted by Crippen LogP contribution is -2.30. The Hall–Kier alpha value is -2.08. The van der Waals surface area contributed by atoms with Gasteiger partial charge in [0.15, 0.2) is 0 Å². The average Bonchev–Trinajstić information content (AvgIpc) is 3.29. The molecule has 1 aromatic carbocycles. The number of H-pyrrole nitrogens is 1. The number of carbonyl (C=O) groups is 1. The van der Waals surface area contributed by atoms with Crippen LogP contribution in [0.2, 0.25) is 0 Å². The Morgan fingerprint density at radius 2 is 1.90 bits per heavy atom. The van der Waals surface area contributed by atoms with Gasteiger partial charge in [0.05, 0.1) is 4.47 Å². The van der Waals surface area contributed by atoms with Crippen molar-refractivity contribution >= 4 is 21.8 Å². The fraction of sp³-hybridized carbons (Fsp3) is 0.478. The maximum Gasteiger partial charge on any atom is 0.253 e. The van der Waals surface area contributed by atoms with Gasteiger partial charge in [-0.1, -0.05) is 13.8 Å². The van der Waals surface area contributed by atoms with Crippen LogP contribution < -0.4 is 15.6 Å². The molecule has 1 fully saturated rings. The summed E-state index contributed by atoms with van der Waals surface area (Å²) in [5.74, 6) is 0.685. The molecule has 156 valence electrons. The van der Waals surface area contributed by atoms with E-state index in [4.69, 9.17) is 4.74 Å². The Morgan fingerprint density at radius 1 is 1.21 bits per heavy atom. The van der Waals surface area contributed by atoms with Crippen molar-refractivity contribution in [2.45, 2.75) is 71.9 Å². The molecule has 0 bridgehead atoms. The zero-order valence-corrected chi connectivity index (χ0v) is 19.2. The fourth-order valence-electron chi connectivity index (χ4n) is 4.30. The summed E-state index contributed by atoms with van der Waals surface area (Å²) in [6, 6.07) is 5.64. The summed E-state index contributed by atoms with van der Waals surface area (Å²) in [4.78, 5) is 27.6. The quantitative estimate of drug-likeness (QED) is 0.679. The van der Waals surface area contributed by atoms with Gasteiger partial charge in [0.25, 0.3) is 11.5 Å². The fourth-order valence-corrected chi connectivity index (χ4v) is 4.88. The summed E-state index contributed by atoms with van der Waals surface area (Å²) in [5.41, 5.74) is 3.72. The smallest absolute Gasteiger partial charge is 0.253 e. The number of ether oxygens (including phenoxy) is 1. The molecule has 2 heterocycles. The van der Waals surface area contributed by atoms with E-state index in [1.165, 1.54) is 12.8 Å². The van der Waals surface area contributed by atoms with Crippen LogP contribution in [-0.2, 0) is 13.0 Å². The molecular weight excluding hydrogens is 432 g/mol. The number of amides is 1. The third-order valence-corrected chi connectivity index (χ3v) is 6.24. The van der Waals surface area contributed by atoms with E-state index in [1.54, 1.807) is 6.07 Å². The Bertz CT molecular complexity index is 975. The number of hydrogen-bond donors (Lipinski definition) is 2. The lowest BCUT2D eigenvalue weighted by atomic mass is 9.95. The molecule has 6 heteroatoms. The van der Waals surface area contributed by atoms with Crippen LogP contribution >= 0.6 is 15.9 Å². The molecule has 1 spiro atoms. The van der Waals surface area contributed by atoms with Gasteiger partial charge in [-0.25, -0.2) is 0 Å². The molecule has 1 aliphatic carbocycles. The standard InChI is InChI=1S/C21H23BrN2O3.C2H6/c1-12-7-13(2)24-20(26)16(12)11-23-19(25)14-8-15-10-21(5-3-4-6-21)27-18(15)17(22)9-14;1-2/h7-9H,3-6,10-11H2,1-2H3,(H,23,25)(H,24,26);1-2H3. The Labute approximate surface area is 180 Å². The van der Waals surface area contributed by atoms with E-state index in [0.29, 0.717) is 11.1 Å². The largest absolute Gasteiger partial charge is 0.485 e. The maximum absolute atomic E-state index is 12.7. The predicted molar refractivity (Wildman–Crippen MR) is 119 cm³/mol. The average molecular weight is 461 g/mol. The number of aryl methyl sites for hydroxylation is 2. The van der Waals surface area contributed by atoms with E-state index in [-0.39, 0.29) is 23.6 Å². The summed E-state index contributed by atoms with van der Waals surface area (Å²) in [6.45, 7) is 7.93. The SMILES string of the molecule is CC.Cc1cc(C)c(CNC(=O)c2cc(Br)c3c(c2)CC2(CCCC2)O3)c(=O)[nH]1. The van der Waals surface area contributed by atoms with Crippen molar-refractivity contribution in [3.05, 3.63) is 61.0 Å². The second kappa shape index (κ2) is 8.74. The van der Waals surface area contributed by atoms with E-state index in [9.17, 15) is 9.59 Å². The zero-order valence-electron chi connectivity index (χ0n) is 17.6. The maximum atomic E-state index is 12.7. The molecule has 4 rings (SSSR count). The Balaban J connectivity index is 0.00000117. The number of nitrogens with one attached hydrogen (secondary N) is 2. The van der Waals surface area contributed by atoms with Gasteiger partial charge in [-0.15, -0.1) is 0 Å². The van der Waals surface area contributed by atoms with E-state index in [2.05, 4.69) is 26.2 Å². The van der Waals surface area contributed by atoms with Crippen LogP contribution in [-0.4, -0.2) is 16.5 Å². The first kappa shape index (κ1) is 21.6. The van der Waals surface area contributed by atoms with E-state index in [0.717, 1.165) is 46.3 Å². The Morgan fingerprint density at radius 3 is 2.55 bits per heavy atom. The normalized spacial score (nSPS) is 16.0. The molecular formula is C23H29BrN2O3. The minimum absolute atomic E-state index is 0.0771. The van der Waals surface area contributed by atoms with Gasteiger partial charge in [0, 0.05) is 35.3 Å². The summed E-state index contributed by atoms with van der Waals surface area (Å²) in [5, 5.41) is 2.88. The Kier molecular flexibility index (Phi) is 6.52. The number of hydrogen-bond acceptors (Lipinski definition) is 3. The molecule has 5 nitrogen and oxygen atoms in total.